The summed E-state index contributed by atoms with van der Waals surface area (Å²) >= 11 is 0. The number of rotatable bonds is 3. The van der Waals surface area contributed by atoms with Crippen LogP contribution in [0.5, 0.6) is 0 Å². The molecule has 0 bridgehead atoms. The summed E-state index contributed by atoms with van der Waals surface area (Å²) in [7, 11) is 0. The minimum Gasteiger partial charge on any atom is -0.339 e. The Balaban J connectivity index is 1.65. The number of hydrogen-bond donors (Lipinski definition) is 1. The van der Waals surface area contributed by atoms with E-state index < -0.39 is 0 Å². The third-order valence-electron chi connectivity index (χ3n) is 3.34. The van der Waals surface area contributed by atoms with Crippen LogP contribution >= 0.6 is 0 Å². The molecule has 1 aromatic heterocycles. The molecule has 1 saturated carbocycles. The molecule has 4 heteroatoms. The smallest absolute Gasteiger partial charge is 0.229 e. The third-order valence-corrected chi connectivity index (χ3v) is 3.34. The molecule has 2 heterocycles. The fourth-order valence-electron chi connectivity index (χ4n) is 2.17. The van der Waals surface area contributed by atoms with Crippen molar-refractivity contribution in [3.05, 3.63) is 11.7 Å². The van der Waals surface area contributed by atoms with Gasteiger partial charge in [0.05, 0.1) is 0 Å². The summed E-state index contributed by atoms with van der Waals surface area (Å²) in [6, 6.07) is 0. The van der Waals surface area contributed by atoms with Crippen molar-refractivity contribution in [2.24, 2.45) is 5.92 Å². The SMILES string of the molecule is C1CC(c2nc(CC3CC3)no2)CCN1. The van der Waals surface area contributed by atoms with Crippen molar-refractivity contribution in [2.75, 3.05) is 13.1 Å². The molecule has 3 rings (SSSR count). The maximum Gasteiger partial charge on any atom is 0.229 e. The average molecular weight is 207 g/mol. The first-order valence-electron chi connectivity index (χ1n) is 5.95. The second kappa shape index (κ2) is 3.93. The molecular weight excluding hydrogens is 190 g/mol. The molecule has 0 radical (unpaired) electrons. The van der Waals surface area contributed by atoms with Gasteiger partial charge >= 0.3 is 0 Å². The number of piperidine rings is 1. The van der Waals surface area contributed by atoms with Crippen LogP contribution in [0.25, 0.3) is 0 Å². The summed E-state index contributed by atoms with van der Waals surface area (Å²) in [5, 5.41) is 7.41. The molecule has 15 heavy (non-hydrogen) atoms. The Morgan fingerprint density at radius 3 is 2.73 bits per heavy atom. The summed E-state index contributed by atoms with van der Waals surface area (Å²) in [4.78, 5) is 4.51. The molecule has 1 N–H and O–H groups in total. The van der Waals surface area contributed by atoms with Crippen LogP contribution < -0.4 is 5.32 Å². The first kappa shape index (κ1) is 9.33. The number of nitrogens with one attached hydrogen (secondary N) is 1. The summed E-state index contributed by atoms with van der Waals surface area (Å²) in [5.74, 6) is 3.12. The summed E-state index contributed by atoms with van der Waals surface area (Å²) in [6.07, 6.45) is 5.97. The molecule has 0 spiro atoms. The summed E-state index contributed by atoms with van der Waals surface area (Å²) in [6.45, 7) is 2.15. The lowest BCUT2D eigenvalue weighted by Crippen LogP contribution is -2.26. The Kier molecular flexibility index (Phi) is 2.44. The van der Waals surface area contributed by atoms with Crippen molar-refractivity contribution in [3.63, 3.8) is 0 Å². The minimum atomic E-state index is 0.492. The third kappa shape index (κ3) is 2.20. The number of aromatic nitrogens is 2. The Hall–Kier alpha value is -0.900. The van der Waals surface area contributed by atoms with Crippen LogP contribution in [0.1, 0.15) is 43.3 Å². The van der Waals surface area contributed by atoms with Gasteiger partial charge in [0.2, 0.25) is 5.89 Å². The molecule has 82 valence electrons. The molecule has 1 aliphatic carbocycles. The lowest BCUT2D eigenvalue weighted by Gasteiger charge is -2.18. The quantitative estimate of drug-likeness (QED) is 0.815. The highest BCUT2D eigenvalue weighted by molar-refractivity contribution is 4.98. The Labute approximate surface area is 89.4 Å². The van der Waals surface area contributed by atoms with E-state index in [2.05, 4.69) is 15.5 Å². The van der Waals surface area contributed by atoms with Crippen molar-refractivity contribution < 1.29 is 4.52 Å². The molecule has 4 nitrogen and oxygen atoms in total. The van der Waals surface area contributed by atoms with Gasteiger partial charge in [-0.25, -0.2) is 0 Å². The van der Waals surface area contributed by atoms with Crippen LogP contribution in [0.4, 0.5) is 0 Å². The zero-order valence-electron chi connectivity index (χ0n) is 8.91. The van der Waals surface area contributed by atoms with Gasteiger partial charge in [-0.15, -0.1) is 0 Å². The highest BCUT2D eigenvalue weighted by atomic mass is 16.5. The van der Waals surface area contributed by atoms with E-state index in [1.165, 1.54) is 12.8 Å². The Morgan fingerprint density at radius 1 is 1.20 bits per heavy atom. The molecule has 2 fully saturated rings. The van der Waals surface area contributed by atoms with Gasteiger partial charge in [0, 0.05) is 12.3 Å². The van der Waals surface area contributed by atoms with E-state index in [0.29, 0.717) is 5.92 Å². The minimum absolute atomic E-state index is 0.492. The molecule has 1 aromatic rings. The summed E-state index contributed by atoms with van der Waals surface area (Å²) in [5.41, 5.74) is 0. The first-order chi connectivity index (χ1) is 7.42. The average Bonchev–Trinajstić information content (AvgIpc) is 2.96. The number of nitrogens with zero attached hydrogens (tertiary/aromatic N) is 2. The topological polar surface area (TPSA) is 51.0 Å². The maximum atomic E-state index is 5.34. The van der Waals surface area contributed by atoms with Gasteiger partial charge in [0.15, 0.2) is 5.82 Å². The van der Waals surface area contributed by atoms with Gasteiger partial charge in [-0.2, -0.15) is 4.98 Å². The maximum absolute atomic E-state index is 5.34. The molecular formula is C11H17N3O. The lowest BCUT2D eigenvalue weighted by atomic mass is 9.98. The highest BCUT2D eigenvalue weighted by Gasteiger charge is 2.26. The van der Waals surface area contributed by atoms with Crippen molar-refractivity contribution in [1.82, 2.24) is 15.5 Å². The standard InChI is InChI=1S/C11H17N3O/c1-2-8(1)7-10-13-11(15-14-10)9-3-5-12-6-4-9/h8-9,12H,1-7H2. The monoisotopic (exact) mass is 207 g/mol. The fourth-order valence-corrected chi connectivity index (χ4v) is 2.17. The van der Waals surface area contributed by atoms with Crippen LogP contribution in [-0.4, -0.2) is 23.2 Å². The molecule has 1 aliphatic heterocycles. The van der Waals surface area contributed by atoms with E-state index in [9.17, 15) is 0 Å². The van der Waals surface area contributed by atoms with Gasteiger partial charge in [0.1, 0.15) is 0 Å². The van der Waals surface area contributed by atoms with Gasteiger partial charge in [-0.1, -0.05) is 5.16 Å². The van der Waals surface area contributed by atoms with E-state index in [0.717, 1.165) is 50.0 Å². The van der Waals surface area contributed by atoms with Crippen LogP contribution in [0.15, 0.2) is 4.52 Å². The molecule has 0 amide bonds. The predicted octanol–water partition coefficient (Wildman–Crippen LogP) is 1.49. The molecule has 0 aromatic carbocycles. The summed E-state index contributed by atoms with van der Waals surface area (Å²) < 4.78 is 5.34. The van der Waals surface area contributed by atoms with Gasteiger partial charge < -0.3 is 9.84 Å². The fraction of sp³-hybridized carbons (Fsp3) is 0.818. The van der Waals surface area contributed by atoms with Gasteiger partial charge in [0.25, 0.3) is 0 Å². The van der Waals surface area contributed by atoms with E-state index in [1.807, 2.05) is 0 Å². The van der Waals surface area contributed by atoms with Crippen molar-refractivity contribution in [3.8, 4) is 0 Å². The van der Waals surface area contributed by atoms with Crippen LogP contribution in [0, 0.1) is 5.92 Å². The van der Waals surface area contributed by atoms with Crippen molar-refractivity contribution in [1.29, 1.82) is 0 Å². The van der Waals surface area contributed by atoms with Crippen LogP contribution in [0.2, 0.25) is 0 Å². The zero-order valence-corrected chi connectivity index (χ0v) is 8.91. The van der Waals surface area contributed by atoms with Crippen LogP contribution in [-0.2, 0) is 6.42 Å². The van der Waals surface area contributed by atoms with Crippen molar-refractivity contribution in [2.45, 2.75) is 38.0 Å². The zero-order chi connectivity index (χ0) is 10.1. The highest BCUT2D eigenvalue weighted by Crippen LogP contribution is 2.32. The second-order valence-electron chi connectivity index (χ2n) is 4.72. The molecule has 1 saturated heterocycles. The Morgan fingerprint density at radius 2 is 2.00 bits per heavy atom. The van der Waals surface area contributed by atoms with E-state index in [-0.39, 0.29) is 0 Å². The van der Waals surface area contributed by atoms with E-state index in [4.69, 9.17) is 4.52 Å². The second-order valence-corrected chi connectivity index (χ2v) is 4.72. The molecule has 2 aliphatic rings. The normalized spacial score (nSPS) is 23.2. The first-order valence-corrected chi connectivity index (χ1v) is 5.95. The van der Waals surface area contributed by atoms with Crippen molar-refractivity contribution >= 4 is 0 Å². The largest absolute Gasteiger partial charge is 0.339 e. The van der Waals surface area contributed by atoms with E-state index >= 15 is 0 Å². The van der Waals surface area contributed by atoms with Crippen LogP contribution in [0.3, 0.4) is 0 Å². The predicted molar refractivity (Wildman–Crippen MR) is 55.6 cm³/mol. The van der Waals surface area contributed by atoms with Gasteiger partial charge in [-0.05, 0) is 44.7 Å². The Bertz CT molecular complexity index is 326. The molecule has 0 atom stereocenters. The van der Waals surface area contributed by atoms with Gasteiger partial charge in [-0.3, -0.25) is 0 Å². The lowest BCUT2D eigenvalue weighted by molar-refractivity contribution is 0.318. The number of hydrogen-bond acceptors (Lipinski definition) is 4. The van der Waals surface area contributed by atoms with E-state index in [1.54, 1.807) is 0 Å². The molecule has 0 unspecified atom stereocenters.